The van der Waals surface area contributed by atoms with E-state index in [4.69, 9.17) is 4.74 Å². The second kappa shape index (κ2) is 11.3. The number of rotatable bonds is 10. The minimum Gasteiger partial charge on any atom is -0.460 e. The monoisotopic (exact) mass is 335 g/mol. The van der Waals surface area contributed by atoms with Crippen molar-refractivity contribution in [2.24, 2.45) is 0 Å². The highest BCUT2D eigenvalue weighted by Gasteiger charge is 2.22. The lowest BCUT2D eigenvalue weighted by Gasteiger charge is -2.20. The molecule has 0 saturated carbocycles. The van der Waals surface area contributed by atoms with Gasteiger partial charge >= 0.3 is 5.97 Å². The number of hydrogen-bond acceptors (Lipinski definition) is 4. The van der Waals surface area contributed by atoms with Gasteiger partial charge in [-0.3, -0.25) is 4.79 Å². The fourth-order valence-corrected chi connectivity index (χ4v) is 3.29. The predicted octanol–water partition coefficient (Wildman–Crippen LogP) is 4.31. The van der Waals surface area contributed by atoms with E-state index in [0.29, 0.717) is 6.61 Å². The van der Waals surface area contributed by atoms with Crippen LogP contribution in [-0.2, 0) is 9.53 Å². The molecular formula is C19H29NO2S. The highest BCUT2D eigenvalue weighted by molar-refractivity contribution is 8.00. The zero-order valence-corrected chi connectivity index (χ0v) is 15.6. The van der Waals surface area contributed by atoms with Crippen LogP contribution in [0.15, 0.2) is 42.0 Å². The zero-order valence-electron chi connectivity index (χ0n) is 14.7. The summed E-state index contributed by atoms with van der Waals surface area (Å²) in [5, 5.41) is -0.252. The average molecular weight is 336 g/mol. The number of ether oxygens (including phenoxy) is 1. The largest absolute Gasteiger partial charge is 0.460 e. The maximum absolute atomic E-state index is 12.5. The van der Waals surface area contributed by atoms with Gasteiger partial charge in [0.15, 0.2) is 0 Å². The Hall–Kier alpha value is -1.26. The van der Waals surface area contributed by atoms with E-state index in [0.717, 1.165) is 36.5 Å². The van der Waals surface area contributed by atoms with Gasteiger partial charge in [-0.1, -0.05) is 49.8 Å². The third-order valence-corrected chi connectivity index (χ3v) is 4.84. The highest BCUT2D eigenvalue weighted by Crippen LogP contribution is 2.30. The maximum atomic E-state index is 12.5. The first-order valence-corrected chi connectivity index (χ1v) is 9.32. The molecule has 0 bridgehead atoms. The van der Waals surface area contributed by atoms with Crippen LogP contribution in [0.3, 0.4) is 0 Å². The van der Waals surface area contributed by atoms with Crippen LogP contribution in [-0.4, -0.2) is 42.9 Å². The number of thioether (sulfide) groups is 1. The molecule has 0 heterocycles. The van der Waals surface area contributed by atoms with Gasteiger partial charge in [-0.2, -0.15) is 0 Å². The zero-order chi connectivity index (χ0) is 17.1. The average Bonchev–Trinajstić information content (AvgIpc) is 2.55. The summed E-state index contributed by atoms with van der Waals surface area (Å²) in [4.78, 5) is 14.8. The summed E-state index contributed by atoms with van der Waals surface area (Å²) in [6.45, 7) is 11.7. The third-order valence-electron chi connectivity index (χ3n) is 3.62. The molecule has 0 fully saturated rings. The van der Waals surface area contributed by atoms with E-state index in [-0.39, 0.29) is 11.2 Å². The van der Waals surface area contributed by atoms with Crippen molar-refractivity contribution in [1.29, 1.82) is 0 Å². The van der Waals surface area contributed by atoms with Crippen LogP contribution < -0.4 is 0 Å². The van der Waals surface area contributed by atoms with Crippen LogP contribution in [0.25, 0.3) is 0 Å². The molecule has 1 aromatic carbocycles. The summed E-state index contributed by atoms with van der Waals surface area (Å²) in [6.07, 6.45) is 1.93. The lowest BCUT2D eigenvalue weighted by atomic mass is 10.1. The van der Waals surface area contributed by atoms with Crippen molar-refractivity contribution < 1.29 is 9.53 Å². The molecular weight excluding hydrogens is 306 g/mol. The third kappa shape index (κ3) is 7.71. The molecule has 0 spiro atoms. The van der Waals surface area contributed by atoms with Crippen molar-refractivity contribution in [3.63, 3.8) is 0 Å². The minimum absolute atomic E-state index is 0.154. The van der Waals surface area contributed by atoms with Crippen LogP contribution in [0, 0.1) is 0 Å². The minimum atomic E-state index is -0.252. The normalized spacial score (nSPS) is 12.0. The van der Waals surface area contributed by atoms with Crippen LogP contribution >= 0.6 is 11.8 Å². The van der Waals surface area contributed by atoms with E-state index in [1.54, 1.807) is 11.8 Å². The highest BCUT2D eigenvalue weighted by atomic mass is 32.2. The number of hydrogen-bond donors (Lipinski definition) is 0. The second-order valence-electron chi connectivity index (χ2n) is 5.60. The topological polar surface area (TPSA) is 29.5 Å². The molecule has 1 rings (SSSR count). The van der Waals surface area contributed by atoms with Gasteiger partial charge in [-0.05, 0) is 38.6 Å². The summed E-state index contributed by atoms with van der Waals surface area (Å²) in [7, 11) is 0. The summed E-state index contributed by atoms with van der Waals surface area (Å²) in [5.41, 5.74) is 2.17. The molecule has 0 aliphatic heterocycles. The van der Waals surface area contributed by atoms with Crippen molar-refractivity contribution in [3.05, 3.63) is 47.5 Å². The Morgan fingerprint density at radius 1 is 1.22 bits per heavy atom. The van der Waals surface area contributed by atoms with Crippen molar-refractivity contribution in [3.8, 4) is 0 Å². The van der Waals surface area contributed by atoms with Gasteiger partial charge < -0.3 is 9.64 Å². The number of carbonyl (C=O) groups is 1. The lowest BCUT2D eigenvalue weighted by molar-refractivity contribution is -0.141. The Kier molecular flexibility index (Phi) is 9.72. The Bertz CT molecular complexity index is 479. The van der Waals surface area contributed by atoms with Crippen LogP contribution in [0.2, 0.25) is 0 Å². The molecule has 4 heteroatoms. The number of esters is 1. The first-order valence-electron chi connectivity index (χ1n) is 8.27. The second-order valence-corrected chi connectivity index (χ2v) is 6.81. The van der Waals surface area contributed by atoms with Crippen molar-refractivity contribution >= 4 is 17.7 Å². The Labute approximate surface area is 145 Å². The van der Waals surface area contributed by atoms with Gasteiger partial charge in [0, 0.05) is 12.3 Å². The molecule has 1 unspecified atom stereocenters. The molecule has 0 aliphatic carbocycles. The molecule has 0 aliphatic rings. The number of benzene rings is 1. The smallest absolute Gasteiger partial charge is 0.323 e. The van der Waals surface area contributed by atoms with Gasteiger partial charge in [0.1, 0.15) is 11.9 Å². The van der Waals surface area contributed by atoms with Gasteiger partial charge in [0.25, 0.3) is 0 Å². The molecule has 3 nitrogen and oxygen atoms in total. The van der Waals surface area contributed by atoms with E-state index < -0.39 is 0 Å². The van der Waals surface area contributed by atoms with Crippen LogP contribution in [0.4, 0.5) is 0 Å². The fourth-order valence-electron chi connectivity index (χ4n) is 2.13. The Morgan fingerprint density at radius 2 is 1.87 bits per heavy atom. The SMILES string of the molecule is CCN(CC)CCSC(C(=O)OCC=C(C)C)c1ccccc1. The maximum Gasteiger partial charge on any atom is 0.323 e. The van der Waals surface area contributed by atoms with Gasteiger partial charge in [0.2, 0.25) is 0 Å². The summed E-state index contributed by atoms with van der Waals surface area (Å²) in [6, 6.07) is 9.90. The molecule has 1 atom stereocenters. The molecule has 0 saturated heterocycles. The number of carbonyl (C=O) groups excluding carboxylic acids is 1. The summed E-state index contributed by atoms with van der Waals surface area (Å²) < 4.78 is 5.43. The molecule has 1 aromatic rings. The van der Waals surface area contributed by atoms with Crippen molar-refractivity contribution in [2.45, 2.75) is 32.9 Å². The van der Waals surface area contributed by atoms with Gasteiger partial charge in [0.05, 0.1) is 0 Å². The molecule has 128 valence electrons. The number of nitrogens with zero attached hydrogens (tertiary/aromatic N) is 1. The Morgan fingerprint density at radius 3 is 2.43 bits per heavy atom. The quantitative estimate of drug-likeness (QED) is 0.471. The molecule has 23 heavy (non-hydrogen) atoms. The molecule has 0 aromatic heterocycles. The molecule has 0 amide bonds. The molecule has 0 radical (unpaired) electrons. The van der Waals surface area contributed by atoms with Crippen molar-refractivity contribution in [1.82, 2.24) is 4.90 Å². The van der Waals surface area contributed by atoms with E-state index >= 15 is 0 Å². The first-order chi connectivity index (χ1) is 11.1. The van der Waals surface area contributed by atoms with E-state index in [2.05, 4.69) is 18.7 Å². The van der Waals surface area contributed by atoms with E-state index in [9.17, 15) is 4.79 Å². The van der Waals surface area contributed by atoms with Crippen LogP contribution in [0.1, 0.15) is 38.5 Å². The summed E-state index contributed by atoms with van der Waals surface area (Å²) in [5.74, 6) is 0.761. The van der Waals surface area contributed by atoms with Gasteiger partial charge in [-0.25, -0.2) is 0 Å². The van der Waals surface area contributed by atoms with Gasteiger partial charge in [-0.15, -0.1) is 11.8 Å². The lowest BCUT2D eigenvalue weighted by Crippen LogP contribution is -2.26. The van der Waals surface area contributed by atoms with E-state index in [1.165, 1.54) is 0 Å². The standard InChI is InChI=1S/C19H29NO2S/c1-5-20(6-2)13-15-23-18(17-10-8-7-9-11-17)19(21)22-14-12-16(3)4/h7-12,18H,5-6,13-15H2,1-4H3. The van der Waals surface area contributed by atoms with Crippen molar-refractivity contribution in [2.75, 3.05) is 32.0 Å². The Balaban J connectivity index is 2.66. The number of allylic oxidation sites excluding steroid dienone is 1. The molecule has 0 N–H and O–H groups in total. The van der Waals surface area contributed by atoms with E-state index in [1.807, 2.05) is 50.3 Å². The summed E-state index contributed by atoms with van der Waals surface area (Å²) >= 11 is 1.66. The first kappa shape index (κ1) is 19.8. The van der Waals surface area contributed by atoms with Crippen LogP contribution in [0.5, 0.6) is 0 Å². The fraction of sp³-hybridized carbons (Fsp3) is 0.526. The predicted molar refractivity (Wildman–Crippen MR) is 99.8 cm³/mol.